The zero-order valence-electron chi connectivity index (χ0n) is 12.6. The highest BCUT2D eigenvalue weighted by Crippen LogP contribution is 2.35. The molecule has 5 heteroatoms. The number of hydrogen-bond donors (Lipinski definition) is 2. The molecular formula is C15H24N4O. The molecule has 1 aliphatic rings. The SMILES string of the molecule is CCNc1ccc(C(=O)NCC2(N(C)C)CCC2)cn1. The van der Waals surface area contributed by atoms with Gasteiger partial charge in [-0.2, -0.15) is 0 Å². The van der Waals surface area contributed by atoms with Crippen molar-refractivity contribution >= 4 is 11.7 Å². The first-order valence-corrected chi connectivity index (χ1v) is 7.23. The summed E-state index contributed by atoms with van der Waals surface area (Å²) in [6, 6.07) is 3.65. The number of anilines is 1. The fraction of sp³-hybridized carbons (Fsp3) is 0.600. The lowest BCUT2D eigenvalue weighted by molar-refractivity contribution is 0.0557. The molecule has 0 radical (unpaired) electrons. The third-order valence-electron chi connectivity index (χ3n) is 4.19. The Morgan fingerprint density at radius 1 is 1.40 bits per heavy atom. The van der Waals surface area contributed by atoms with Crippen LogP contribution in [0, 0.1) is 0 Å². The molecule has 1 saturated carbocycles. The van der Waals surface area contributed by atoms with Crippen molar-refractivity contribution in [1.82, 2.24) is 15.2 Å². The molecule has 1 amide bonds. The molecule has 1 fully saturated rings. The van der Waals surface area contributed by atoms with E-state index in [1.165, 1.54) is 6.42 Å². The maximum atomic E-state index is 12.1. The maximum absolute atomic E-state index is 12.1. The van der Waals surface area contributed by atoms with E-state index in [9.17, 15) is 4.79 Å². The molecule has 2 rings (SSSR count). The minimum Gasteiger partial charge on any atom is -0.370 e. The molecule has 0 aromatic carbocycles. The summed E-state index contributed by atoms with van der Waals surface area (Å²) in [5.41, 5.74) is 0.757. The molecular weight excluding hydrogens is 252 g/mol. The van der Waals surface area contributed by atoms with Gasteiger partial charge in [0.1, 0.15) is 5.82 Å². The number of rotatable bonds is 6. The number of likely N-dealkylation sites (N-methyl/N-ethyl adjacent to an activating group) is 1. The fourth-order valence-corrected chi connectivity index (χ4v) is 2.53. The molecule has 110 valence electrons. The molecule has 1 aromatic rings. The third-order valence-corrected chi connectivity index (χ3v) is 4.19. The van der Waals surface area contributed by atoms with Crippen molar-refractivity contribution in [3.8, 4) is 0 Å². The summed E-state index contributed by atoms with van der Waals surface area (Å²) >= 11 is 0. The molecule has 0 bridgehead atoms. The van der Waals surface area contributed by atoms with Crippen LogP contribution in [0.4, 0.5) is 5.82 Å². The van der Waals surface area contributed by atoms with Gasteiger partial charge in [-0.15, -0.1) is 0 Å². The van der Waals surface area contributed by atoms with Crippen LogP contribution in [-0.4, -0.2) is 48.5 Å². The van der Waals surface area contributed by atoms with Gasteiger partial charge in [-0.05, 0) is 52.4 Å². The second-order valence-electron chi connectivity index (χ2n) is 5.62. The first-order valence-electron chi connectivity index (χ1n) is 7.23. The van der Waals surface area contributed by atoms with E-state index in [1.54, 1.807) is 6.20 Å². The normalized spacial score (nSPS) is 16.6. The standard InChI is InChI=1S/C15H24N4O/c1-4-16-13-7-6-12(10-17-13)14(20)18-11-15(19(2)3)8-5-9-15/h6-7,10H,4-5,8-9,11H2,1-3H3,(H,16,17)(H,18,20). The van der Waals surface area contributed by atoms with Crippen molar-refractivity contribution in [2.45, 2.75) is 31.7 Å². The van der Waals surface area contributed by atoms with Crippen LogP contribution in [0.15, 0.2) is 18.3 Å². The number of carbonyl (C=O) groups is 1. The third kappa shape index (κ3) is 3.10. The highest BCUT2D eigenvalue weighted by atomic mass is 16.1. The predicted molar refractivity (Wildman–Crippen MR) is 81.0 cm³/mol. The monoisotopic (exact) mass is 276 g/mol. The van der Waals surface area contributed by atoms with E-state index in [0.29, 0.717) is 12.1 Å². The first-order chi connectivity index (χ1) is 9.57. The van der Waals surface area contributed by atoms with E-state index in [-0.39, 0.29) is 11.4 Å². The Hall–Kier alpha value is -1.62. The largest absolute Gasteiger partial charge is 0.370 e. The molecule has 0 unspecified atom stereocenters. The summed E-state index contributed by atoms with van der Waals surface area (Å²) in [5.74, 6) is 0.751. The topological polar surface area (TPSA) is 57.3 Å². The highest BCUT2D eigenvalue weighted by Gasteiger charge is 2.39. The molecule has 0 saturated heterocycles. The van der Waals surface area contributed by atoms with E-state index < -0.39 is 0 Å². The highest BCUT2D eigenvalue weighted by molar-refractivity contribution is 5.94. The van der Waals surface area contributed by atoms with Gasteiger partial charge >= 0.3 is 0 Å². The van der Waals surface area contributed by atoms with Crippen LogP contribution in [0.1, 0.15) is 36.5 Å². The van der Waals surface area contributed by atoms with Crippen molar-refractivity contribution in [1.29, 1.82) is 0 Å². The van der Waals surface area contributed by atoms with Crippen LogP contribution in [0.3, 0.4) is 0 Å². The van der Waals surface area contributed by atoms with Gasteiger partial charge in [0.15, 0.2) is 0 Å². The lowest BCUT2D eigenvalue weighted by Crippen LogP contribution is -2.57. The number of nitrogens with one attached hydrogen (secondary N) is 2. The average molecular weight is 276 g/mol. The van der Waals surface area contributed by atoms with Crippen LogP contribution in [-0.2, 0) is 0 Å². The van der Waals surface area contributed by atoms with Crippen LogP contribution < -0.4 is 10.6 Å². The number of aromatic nitrogens is 1. The van der Waals surface area contributed by atoms with Gasteiger partial charge < -0.3 is 15.5 Å². The van der Waals surface area contributed by atoms with Gasteiger partial charge in [-0.1, -0.05) is 0 Å². The second-order valence-corrected chi connectivity index (χ2v) is 5.62. The zero-order chi connectivity index (χ0) is 14.6. The van der Waals surface area contributed by atoms with Crippen molar-refractivity contribution in [2.75, 3.05) is 32.5 Å². The van der Waals surface area contributed by atoms with Gasteiger partial charge in [0.05, 0.1) is 5.56 Å². The van der Waals surface area contributed by atoms with Gasteiger partial charge in [-0.3, -0.25) is 4.79 Å². The van der Waals surface area contributed by atoms with Crippen molar-refractivity contribution < 1.29 is 4.79 Å². The molecule has 1 aliphatic carbocycles. The van der Waals surface area contributed by atoms with E-state index in [2.05, 4.69) is 34.6 Å². The molecule has 20 heavy (non-hydrogen) atoms. The number of pyridine rings is 1. The van der Waals surface area contributed by atoms with Crippen LogP contribution in [0.25, 0.3) is 0 Å². The summed E-state index contributed by atoms with van der Waals surface area (Å²) in [6.07, 6.45) is 5.17. The van der Waals surface area contributed by atoms with E-state index >= 15 is 0 Å². The number of hydrogen-bond acceptors (Lipinski definition) is 4. The average Bonchev–Trinajstić information content (AvgIpc) is 2.38. The molecule has 5 nitrogen and oxygen atoms in total. The Morgan fingerprint density at radius 2 is 2.15 bits per heavy atom. The van der Waals surface area contributed by atoms with E-state index in [4.69, 9.17) is 0 Å². The fourth-order valence-electron chi connectivity index (χ4n) is 2.53. The molecule has 1 heterocycles. The predicted octanol–water partition coefficient (Wildman–Crippen LogP) is 1.73. The Labute approximate surface area is 120 Å². The Bertz CT molecular complexity index is 451. The van der Waals surface area contributed by atoms with Gasteiger partial charge in [-0.25, -0.2) is 4.98 Å². The van der Waals surface area contributed by atoms with E-state index in [0.717, 1.165) is 25.2 Å². The minimum atomic E-state index is -0.0475. The van der Waals surface area contributed by atoms with Crippen LogP contribution >= 0.6 is 0 Å². The van der Waals surface area contributed by atoms with Crippen LogP contribution in [0.5, 0.6) is 0 Å². The summed E-state index contributed by atoms with van der Waals surface area (Å²) in [7, 11) is 4.16. The van der Waals surface area contributed by atoms with Gasteiger partial charge in [0, 0.05) is 24.8 Å². The number of amides is 1. The summed E-state index contributed by atoms with van der Waals surface area (Å²) in [4.78, 5) is 18.6. The van der Waals surface area contributed by atoms with Gasteiger partial charge in [0.2, 0.25) is 0 Å². The lowest BCUT2D eigenvalue weighted by atomic mass is 9.75. The first kappa shape index (κ1) is 14.8. The van der Waals surface area contributed by atoms with Gasteiger partial charge in [0.25, 0.3) is 5.91 Å². The quantitative estimate of drug-likeness (QED) is 0.831. The Kier molecular flexibility index (Phi) is 4.60. The number of carbonyl (C=O) groups excluding carboxylic acids is 1. The van der Waals surface area contributed by atoms with Crippen LogP contribution in [0.2, 0.25) is 0 Å². The summed E-state index contributed by atoms with van der Waals surface area (Å²) in [5, 5.41) is 6.15. The molecule has 0 atom stereocenters. The molecule has 0 spiro atoms. The molecule has 0 aliphatic heterocycles. The summed E-state index contributed by atoms with van der Waals surface area (Å²) in [6.45, 7) is 3.54. The number of nitrogens with zero attached hydrogens (tertiary/aromatic N) is 2. The van der Waals surface area contributed by atoms with Crippen molar-refractivity contribution in [3.05, 3.63) is 23.9 Å². The lowest BCUT2D eigenvalue weighted by Gasteiger charge is -2.47. The summed E-state index contributed by atoms with van der Waals surface area (Å²) < 4.78 is 0. The molecule has 2 N–H and O–H groups in total. The second kappa shape index (κ2) is 6.22. The Balaban J connectivity index is 1.91. The molecule has 1 aromatic heterocycles. The zero-order valence-corrected chi connectivity index (χ0v) is 12.6. The van der Waals surface area contributed by atoms with Crippen molar-refractivity contribution in [3.63, 3.8) is 0 Å². The maximum Gasteiger partial charge on any atom is 0.252 e. The Morgan fingerprint density at radius 3 is 2.60 bits per heavy atom. The van der Waals surface area contributed by atoms with E-state index in [1.807, 2.05) is 19.1 Å². The van der Waals surface area contributed by atoms with Crippen molar-refractivity contribution in [2.24, 2.45) is 0 Å². The minimum absolute atomic E-state index is 0.0475. The smallest absolute Gasteiger partial charge is 0.252 e.